The van der Waals surface area contributed by atoms with E-state index in [-0.39, 0.29) is 21.7 Å². The fourth-order valence-corrected chi connectivity index (χ4v) is 5.58. The van der Waals surface area contributed by atoms with Crippen LogP contribution < -0.4 is 10.1 Å². The van der Waals surface area contributed by atoms with Crippen molar-refractivity contribution in [1.29, 1.82) is 0 Å². The van der Waals surface area contributed by atoms with Crippen LogP contribution in [0.25, 0.3) is 0 Å². The van der Waals surface area contributed by atoms with E-state index < -0.39 is 14.9 Å². The minimum absolute atomic E-state index is 0.110. The largest absolute Gasteiger partial charge is 0.295 e. The molecule has 0 aromatic heterocycles. The first kappa shape index (κ1) is 22.3. The van der Waals surface area contributed by atoms with E-state index in [4.69, 9.17) is 11.6 Å². The Bertz CT molecular complexity index is 1220. The lowest BCUT2D eigenvalue weighted by Crippen LogP contribution is -2.48. The van der Waals surface area contributed by atoms with Crippen LogP contribution in [0, 0.1) is 27.4 Å². The monoisotopic (exact) mass is 474 g/mol. The van der Waals surface area contributed by atoms with E-state index in [1.54, 1.807) is 18.3 Å². The molecule has 0 spiro atoms. The number of halogens is 1. The zero-order valence-electron chi connectivity index (χ0n) is 17.6. The van der Waals surface area contributed by atoms with Gasteiger partial charge < -0.3 is 0 Å². The summed E-state index contributed by atoms with van der Waals surface area (Å²) in [5.41, 5.74) is 4.09. The summed E-state index contributed by atoms with van der Waals surface area (Å²) < 4.78 is 27.7. The highest BCUT2D eigenvalue weighted by Crippen LogP contribution is 2.58. The van der Waals surface area contributed by atoms with Crippen molar-refractivity contribution in [3.63, 3.8) is 0 Å². The lowest BCUT2D eigenvalue weighted by Gasteiger charge is -2.55. The Labute approximate surface area is 191 Å². The molecule has 0 amide bonds. The lowest BCUT2D eigenvalue weighted by atomic mass is 9.49. The molecule has 3 aliphatic carbocycles. The Balaban J connectivity index is 1.52. The molecule has 2 N–H and O–H groups in total. The molecule has 3 aliphatic rings. The van der Waals surface area contributed by atoms with E-state index >= 15 is 0 Å². The standard InChI is InChI=1S/C22H23ClN4O4S/c1-22(2)15-4-3-14(19(22)11-15)13-24-25-20-10-9-18(12-21(20)27(28)29)32(30,31)26-17-7-5-16(23)6-8-17/h3,5-10,12-13,15,19,25-26H,4,11H2,1-2H3/b24-13+. The Morgan fingerprint density at radius 3 is 2.56 bits per heavy atom. The van der Waals surface area contributed by atoms with Crippen molar-refractivity contribution in [1.82, 2.24) is 0 Å². The average Bonchev–Trinajstić information content (AvgIpc) is 2.75. The normalized spacial score (nSPS) is 21.5. The summed E-state index contributed by atoms with van der Waals surface area (Å²) in [7, 11) is -4.02. The van der Waals surface area contributed by atoms with Gasteiger partial charge in [-0.1, -0.05) is 31.5 Å². The first-order chi connectivity index (χ1) is 15.1. The van der Waals surface area contributed by atoms with Crippen molar-refractivity contribution in [2.45, 2.75) is 31.6 Å². The molecule has 168 valence electrons. The fraction of sp³-hybridized carbons (Fsp3) is 0.318. The van der Waals surface area contributed by atoms with Gasteiger partial charge in [0.1, 0.15) is 5.69 Å². The number of hydrogen-bond acceptors (Lipinski definition) is 6. The van der Waals surface area contributed by atoms with Crippen LogP contribution in [0.4, 0.5) is 17.1 Å². The van der Waals surface area contributed by atoms with Crippen LogP contribution >= 0.6 is 11.6 Å². The van der Waals surface area contributed by atoms with Crippen molar-refractivity contribution < 1.29 is 13.3 Å². The van der Waals surface area contributed by atoms with Gasteiger partial charge in [0, 0.05) is 16.8 Å². The van der Waals surface area contributed by atoms with Crippen LogP contribution in [-0.4, -0.2) is 19.6 Å². The van der Waals surface area contributed by atoms with Gasteiger partial charge in [-0.05, 0) is 72.1 Å². The van der Waals surface area contributed by atoms with E-state index in [1.165, 1.54) is 24.3 Å². The van der Waals surface area contributed by atoms with Crippen LogP contribution in [0.5, 0.6) is 0 Å². The minimum atomic E-state index is -4.02. The highest BCUT2D eigenvalue weighted by molar-refractivity contribution is 7.92. The number of hydrazone groups is 1. The Hall–Kier alpha value is -2.91. The van der Waals surface area contributed by atoms with Gasteiger partial charge >= 0.3 is 0 Å². The van der Waals surface area contributed by atoms with Gasteiger partial charge in [-0.2, -0.15) is 5.10 Å². The molecule has 2 atom stereocenters. The van der Waals surface area contributed by atoms with Crippen LogP contribution in [-0.2, 0) is 10.0 Å². The molecule has 1 saturated carbocycles. The molecule has 2 unspecified atom stereocenters. The zero-order chi connectivity index (χ0) is 23.1. The van der Waals surface area contributed by atoms with Crippen LogP contribution in [0.1, 0.15) is 26.7 Å². The SMILES string of the molecule is CC1(C)C2CC=C(/C=N/Nc3ccc(S(=O)(=O)Nc4ccc(Cl)cc4)cc3[N+](=O)[O-])C1C2. The average molecular weight is 475 g/mol. The van der Waals surface area contributed by atoms with Crippen molar-refractivity contribution >= 4 is 44.9 Å². The van der Waals surface area contributed by atoms with Crippen LogP contribution in [0.15, 0.2) is 64.1 Å². The summed E-state index contributed by atoms with van der Waals surface area (Å²) in [5, 5.41) is 16.2. The molecule has 2 bridgehead atoms. The van der Waals surface area contributed by atoms with Gasteiger partial charge in [0.05, 0.1) is 16.0 Å². The first-order valence-electron chi connectivity index (χ1n) is 10.1. The number of benzene rings is 2. The summed E-state index contributed by atoms with van der Waals surface area (Å²) in [6.07, 6.45) is 6.02. The maximum absolute atomic E-state index is 12.7. The van der Waals surface area contributed by atoms with Crippen LogP contribution in [0.2, 0.25) is 5.02 Å². The van der Waals surface area contributed by atoms with Crippen molar-refractivity contribution in [2.75, 3.05) is 10.1 Å². The summed E-state index contributed by atoms with van der Waals surface area (Å²) in [6.45, 7) is 4.50. The number of sulfonamides is 1. The maximum Gasteiger partial charge on any atom is 0.295 e. The molecule has 32 heavy (non-hydrogen) atoms. The summed E-state index contributed by atoms with van der Waals surface area (Å²) in [5.74, 6) is 1.14. The number of nitrogens with one attached hydrogen (secondary N) is 2. The molecular formula is C22H23ClN4O4S. The summed E-state index contributed by atoms with van der Waals surface area (Å²) in [4.78, 5) is 10.7. The second-order valence-corrected chi connectivity index (χ2v) is 10.8. The van der Waals surface area contributed by atoms with Gasteiger partial charge in [0.25, 0.3) is 15.7 Å². The lowest BCUT2D eigenvalue weighted by molar-refractivity contribution is -0.384. The van der Waals surface area contributed by atoms with Crippen molar-refractivity contribution in [3.05, 3.63) is 69.3 Å². The molecule has 8 nitrogen and oxygen atoms in total. The number of anilines is 2. The molecule has 0 aliphatic heterocycles. The van der Waals surface area contributed by atoms with Gasteiger partial charge in [0.15, 0.2) is 0 Å². The molecule has 2 aromatic carbocycles. The summed E-state index contributed by atoms with van der Waals surface area (Å²) >= 11 is 5.81. The number of fused-ring (bicyclic) bond motifs is 1. The highest BCUT2D eigenvalue weighted by atomic mass is 35.5. The van der Waals surface area contributed by atoms with Gasteiger partial charge in [-0.15, -0.1) is 0 Å². The van der Waals surface area contributed by atoms with E-state index in [0.717, 1.165) is 24.5 Å². The molecule has 0 saturated heterocycles. The van der Waals surface area contributed by atoms with E-state index in [0.29, 0.717) is 22.5 Å². The fourth-order valence-electron chi connectivity index (χ4n) is 4.38. The van der Waals surface area contributed by atoms with E-state index in [9.17, 15) is 18.5 Å². The third-order valence-electron chi connectivity index (χ3n) is 6.48. The second-order valence-electron chi connectivity index (χ2n) is 8.66. The second kappa shape index (κ2) is 8.22. The van der Waals surface area contributed by atoms with E-state index in [1.807, 2.05) is 0 Å². The Morgan fingerprint density at radius 2 is 1.94 bits per heavy atom. The number of hydrogen-bond donors (Lipinski definition) is 2. The number of allylic oxidation sites excluding steroid dienone is 2. The molecular weight excluding hydrogens is 452 g/mol. The topological polar surface area (TPSA) is 114 Å². The van der Waals surface area contributed by atoms with E-state index in [2.05, 4.69) is 35.2 Å². The van der Waals surface area contributed by atoms with Crippen LogP contribution in [0.3, 0.4) is 0 Å². The highest BCUT2D eigenvalue weighted by Gasteiger charge is 2.50. The van der Waals surface area contributed by atoms with Gasteiger partial charge in [0.2, 0.25) is 0 Å². The maximum atomic E-state index is 12.7. The van der Waals surface area contributed by atoms with Crippen molar-refractivity contribution in [2.24, 2.45) is 22.4 Å². The predicted octanol–water partition coefficient (Wildman–Crippen LogP) is 5.44. The first-order valence-corrected chi connectivity index (χ1v) is 12.0. The Morgan fingerprint density at radius 1 is 1.22 bits per heavy atom. The van der Waals surface area contributed by atoms with Gasteiger partial charge in [-0.25, -0.2) is 8.42 Å². The number of nitro groups is 1. The van der Waals surface area contributed by atoms with Crippen molar-refractivity contribution in [3.8, 4) is 0 Å². The predicted molar refractivity (Wildman–Crippen MR) is 126 cm³/mol. The molecule has 2 aromatic rings. The number of rotatable bonds is 7. The number of nitrogens with zero attached hydrogens (tertiary/aromatic N) is 2. The molecule has 1 fully saturated rings. The Kier molecular flexibility index (Phi) is 5.72. The molecule has 10 heteroatoms. The third-order valence-corrected chi connectivity index (χ3v) is 8.11. The molecule has 0 heterocycles. The third kappa shape index (κ3) is 4.22. The molecule has 0 radical (unpaired) electrons. The zero-order valence-corrected chi connectivity index (χ0v) is 19.2. The summed E-state index contributed by atoms with van der Waals surface area (Å²) in [6, 6.07) is 9.73. The molecule has 5 rings (SSSR count). The smallest absolute Gasteiger partial charge is 0.280 e. The quantitative estimate of drug-likeness (QED) is 0.315. The minimum Gasteiger partial charge on any atom is -0.280 e. The van der Waals surface area contributed by atoms with Gasteiger partial charge in [-0.3, -0.25) is 20.3 Å². The number of nitro benzene ring substituents is 1.